The molecule has 3 heterocycles. The fourth-order valence-electron chi connectivity index (χ4n) is 3.02. The standard InChI is InChI=1S/C19H27N5O4S2/c1-5-28-18(26)16-12(2)13(3)30-17(16)20-15(25)11-29-19-22-21-14(23(19)4)10-24-6-8-27-9-7-24/h5-11H2,1-4H3,(H,20,25). The molecule has 11 heteroatoms. The molecule has 0 aromatic carbocycles. The van der Waals surface area contributed by atoms with Gasteiger partial charge in [-0.25, -0.2) is 4.79 Å². The molecule has 0 spiro atoms. The average molecular weight is 454 g/mol. The molecule has 9 nitrogen and oxygen atoms in total. The molecule has 2 aromatic rings. The summed E-state index contributed by atoms with van der Waals surface area (Å²) in [4.78, 5) is 28.0. The van der Waals surface area contributed by atoms with Crippen LogP contribution in [-0.2, 0) is 27.9 Å². The highest BCUT2D eigenvalue weighted by molar-refractivity contribution is 7.99. The molecule has 1 fully saturated rings. The van der Waals surface area contributed by atoms with E-state index >= 15 is 0 Å². The molecular weight excluding hydrogens is 426 g/mol. The Morgan fingerprint density at radius 1 is 1.27 bits per heavy atom. The number of hydrogen-bond donors (Lipinski definition) is 1. The van der Waals surface area contributed by atoms with E-state index in [0.29, 0.717) is 22.3 Å². The molecule has 1 amide bonds. The van der Waals surface area contributed by atoms with Crippen molar-refractivity contribution in [1.82, 2.24) is 19.7 Å². The smallest absolute Gasteiger partial charge is 0.341 e. The summed E-state index contributed by atoms with van der Waals surface area (Å²) in [6, 6.07) is 0. The Morgan fingerprint density at radius 2 is 2.00 bits per heavy atom. The highest BCUT2D eigenvalue weighted by Gasteiger charge is 2.22. The van der Waals surface area contributed by atoms with Crippen molar-refractivity contribution >= 4 is 40.0 Å². The predicted molar refractivity (Wildman–Crippen MR) is 116 cm³/mol. The summed E-state index contributed by atoms with van der Waals surface area (Å²) in [5.41, 5.74) is 1.27. The number of thiophene rings is 1. The van der Waals surface area contributed by atoms with Crippen molar-refractivity contribution in [3.63, 3.8) is 0 Å². The second-order valence-corrected chi connectivity index (χ2v) is 9.06. The topological polar surface area (TPSA) is 98.6 Å². The van der Waals surface area contributed by atoms with Gasteiger partial charge in [0.05, 0.1) is 37.7 Å². The van der Waals surface area contributed by atoms with Crippen LogP contribution in [0.2, 0.25) is 0 Å². The summed E-state index contributed by atoms with van der Waals surface area (Å²) in [7, 11) is 1.90. The van der Waals surface area contributed by atoms with Crippen LogP contribution in [0.5, 0.6) is 0 Å². The number of esters is 1. The largest absolute Gasteiger partial charge is 0.462 e. The molecule has 30 heavy (non-hydrogen) atoms. The Kier molecular flexibility index (Phi) is 7.87. The number of nitrogens with zero attached hydrogens (tertiary/aromatic N) is 4. The van der Waals surface area contributed by atoms with E-state index < -0.39 is 5.97 Å². The minimum atomic E-state index is -0.414. The predicted octanol–water partition coefficient (Wildman–Crippen LogP) is 2.23. The first-order chi connectivity index (χ1) is 14.4. The van der Waals surface area contributed by atoms with E-state index in [1.165, 1.54) is 23.1 Å². The third kappa shape index (κ3) is 5.39. The molecule has 2 aromatic heterocycles. The van der Waals surface area contributed by atoms with E-state index in [0.717, 1.165) is 42.6 Å². The van der Waals surface area contributed by atoms with E-state index in [1.54, 1.807) is 6.92 Å². The number of ether oxygens (including phenoxy) is 2. The Morgan fingerprint density at radius 3 is 2.70 bits per heavy atom. The Bertz CT molecular complexity index is 905. The van der Waals surface area contributed by atoms with Gasteiger partial charge in [-0.1, -0.05) is 11.8 Å². The van der Waals surface area contributed by atoms with Crippen LogP contribution in [0.1, 0.15) is 33.5 Å². The number of carbonyl (C=O) groups is 2. The van der Waals surface area contributed by atoms with Gasteiger partial charge in [-0.2, -0.15) is 0 Å². The number of amides is 1. The minimum absolute atomic E-state index is 0.168. The normalized spacial score (nSPS) is 14.7. The zero-order chi connectivity index (χ0) is 21.7. The number of aryl methyl sites for hydroxylation is 1. The van der Waals surface area contributed by atoms with Crippen LogP contribution < -0.4 is 5.32 Å². The van der Waals surface area contributed by atoms with Gasteiger partial charge in [-0.3, -0.25) is 9.69 Å². The van der Waals surface area contributed by atoms with Crippen molar-refractivity contribution in [2.24, 2.45) is 7.05 Å². The van der Waals surface area contributed by atoms with Crippen LogP contribution in [0.3, 0.4) is 0 Å². The lowest BCUT2D eigenvalue weighted by Crippen LogP contribution is -2.36. The molecule has 0 bridgehead atoms. The lowest BCUT2D eigenvalue weighted by Gasteiger charge is -2.25. The molecule has 164 valence electrons. The van der Waals surface area contributed by atoms with Crippen molar-refractivity contribution in [3.8, 4) is 0 Å². The molecule has 0 atom stereocenters. The first kappa shape index (κ1) is 22.7. The van der Waals surface area contributed by atoms with Gasteiger partial charge in [0.25, 0.3) is 0 Å². The Hall–Kier alpha value is -1.95. The third-order valence-electron chi connectivity index (χ3n) is 4.84. The molecule has 1 saturated heterocycles. The summed E-state index contributed by atoms with van der Waals surface area (Å²) in [6.45, 7) is 9.74. The number of nitrogens with one attached hydrogen (secondary N) is 1. The number of carbonyl (C=O) groups excluding carboxylic acids is 2. The van der Waals surface area contributed by atoms with Gasteiger partial charge < -0.3 is 19.4 Å². The summed E-state index contributed by atoms with van der Waals surface area (Å²) in [5.74, 6) is 0.406. The van der Waals surface area contributed by atoms with Gasteiger partial charge in [0.15, 0.2) is 5.16 Å². The van der Waals surface area contributed by atoms with E-state index in [9.17, 15) is 9.59 Å². The Labute approximate surface area is 184 Å². The van der Waals surface area contributed by atoms with Gasteiger partial charge in [-0.15, -0.1) is 21.5 Å². The summed E-state index contributed by atoms with van der Waals surface area (Å²) in [6.07, 6.45) is 0. The Balaban J connectivity index is 1.59. The van der Waals surface area contributed by atoms with Gasteiger partial charge >= 0.3 is 5.97 Å². The van der Waals surface area contributed by atoms with Gasteiger partial charge in [-0.05, 0) is 26.3 Å². The summed E-state index contributed by atoms with van der Waals surface area (Å²) < 4.78 is 12.4. The van der Waals surface area contributed by atoms with Crippen molar-refractivity contribution in [3.05, 3.63) is 21.8 Å². The van der Waals surface area contributed by atoms with Crippen molar-refractivity contribution in [2.75, 3.05) is 44.0 Å². The van der Waals surface area contributed by atoms with E-state index in [1.807, 2.05) is 25.5 Å². The molecule has 1 aliphatic rings. The first-order valence-electron chi connectivity index (χ1n) is 9.78. The maximum Gasteiger partial charge on any atom is 0.341 e. The fraction of sp³-hybridized carbons (Fsp3) is 0.579. The zero-order valence-electron chi connectivity index (χ0n) is 17.7. The average Bonchev–Trinajstić information content (AvgIpc) is 3.20. The quantitative estimate of drug-likeness (QED) is 0.480. The summed E-state index contributed by atoms with van der Waals surface area (Å²) >= 11 is 2.70. The van der Waals surface area contributed by atoms with Gasteiger partial charge in [0.1, 0.15) is 10.8 Å². The first-order valence-corrected chi connectivity index (χ1v) is 11.6. The number of hydrogen-bond acceptors (Lipinski definition) is 9. The molecule has 1 N–H and O–H groups in total. The van der Waals surface area contributed by atoms with E-state index in [2.05, 4.69) is 20.4 Å². The summed E-state index contributed by atoms with van der Waals surface area (Å²) in [5, 5.41) is 12.5. The molecule has 0 saturated carbocycles. The number of rotatable bonds is 8. The van der Waals surface area contributed by atoms with Crippen LogP contribution in [0.25, 0.3) is 0 Å². The van der Waals surface area contributed by atoms with Crippen LogP contribution in [0.4, 0.5) is 5.00 Å². The highest BCUT2D eigenvalue weighted by atomic mass is 32.2. The maximum absolute atomic E-state index is 12.5. The molecule has 0 aliphatic carbocycles. The zero-order valence-corrected chi connectivity index (χ0v) is 19.3. The van der Waals surface area contributed by atoms with E-state index in [-0.39, 0.29) is 18.3 Å². The SMILES string of the molecule is CCOC(=O)c1c(NC(=O)CSc2nnc(CN3CCOCC3)n2C)sc(C)c1C. The van der Waals surface area contributed by atoms with Crippen LogP contribution in [0, 0.1) is 13.8 Å². The molecule has 1 aliphatic heterocycles. The van der Waals surface area contributed by atoms with E-state index in [4.69, 9.17) is 9.47 Å². The number of morpholine rings is 1. The highest BCUT2D eigenvalue weighted by Crippen LogP contribution is 2.33. The lowest BCUT2D eigenvalue weighted by atomic mass is 10.1. The lowest BCUT2D eigenvalue weighted by molar-refractivity contribution is -0.113. The second-order valence-electron chi connectivity index (χ2n) is 6.89. The molecular formula is C19H27N5O4S2. The third-order valence-corrected chi connectivity index (χ3v) is 6.99. The molecule has 0 unspecified atom stereocenters. The van der Waals surface area contributed by atoms with Gasteiger partial charge in [0, 0.05) is 25.0 Å². The minimum Gasteiger partial charge on any atom is -0.462 e. The maximum atomic E-state index is 12.5. The second kappa shape index (κ2) is 10.4. The van der Waals surface area contributed by atoms with Crippen LogP contribution in [0.15, 0.2) is 5.16 Å². The van der Waals surface area contributed by atoms with Crippen LogP contribution >= 0.6 is 23.1 Å². The van der Waals surface area contributed by atoms with Crippen molar-refractivity contribution in [1.29, 1.82) is 0 Å². The van der Waals surface area contributed by atoms with Crippen molar-refractivity contribution < 1.29 is 19.1 Å². The molecule has 3 rings (SSSR count). The van der Waals surface area contributed by atoms with Gasteiger partial charge in [0.2, 0.25) is 5.91 Å². The fourth-order valence-corrected chi connectivity index (χ4v) is 4.82. The number of aromatic nitrogens is 3. The number of thioether (sulfide) groups is 1. The molecule has 0 radical (unpaired) electrons. The monoisotopic (exact) mass is 453 g/mol. The number of anilines is 1. The van der Waals surface area contributed by atoms with Crippen molar-refractivity contribution in [2.45, 2.75) is 32.5 Å². The van der Waals surface area contributed by atoms with Crippen LogP contribution in [-0.4, -0.2) is 70.2 Å².